The van der Waals surface area contributed by atoms with Gasteiger partial charge in [0, 0.05) is 6.08 Å². The van der Waals surface area contributed by atoms with Crippen molar-refractivity contribution in [1.82, 2.24) is 9.78 Å². The number of hydrogen-bond donors (Lipinski definition) is 2. The minimum atomic E-state index is -0.569. The van der Waals surface area contributed by atoms with Gasteiger partial charge in [-0.15, -0.1) is 0 Å². The van der Waals surface area contributed by atoms with E-state index in [2.05, 4.69) is 10.4 Å². The summed E-state index contributed by atoms with van der Waals surface area (Å²) in [6.45, 7) is 4.26. The molecule has 1 amide bonds. The van der Waals surface area contributed by atoms with Gasteiger partial charge in [-0.3, -0.25) is 14.3 Å². The Hall–Kier alpha value is -3.61. The lowest BCUT2D eigenvalue weighted by Crippen LogP contribution is -2.22. The lowest BCUT2D eigenvalue weighted by Gasteiger charge is -2.07. The summed E-state index contributed by atoms with van der Waals surface area (Å²) in [4.78, 5) is 24.3. The summed E-state index contributed by atoms with van der Waals surface area (Å²) in [6.07, 6.45) is 2.43. The standard InChI is InChI=1S/C20H20N4O3/c1-13-19(14(2)24(23-13)12-15-7-4-3-5-8-15)22-20(26)16(21)11-17(25)18-9-6-10-27-18/h3-11H,12,21H2,1-2H3,(H,22,26). The number of nitrogens with one attached hydrogen (secondary N) is 1. The van der Waals surface area contributed by atoms with Gasteiger partial charge in [-0.25, -0.2) is 0 Å². The van der Waals surface area contributed by atoms with E-state index >= 15 is 0 Å². The first-order valence-corrected chi connectivity index (χ1v) is 8.40. The number of allylic oxidation sites excluding steroid dienone is 1. The van der Waals surface area contributed by atoms with E-state index in [1.807, 2.05) is 41.9 Å². The number of carbonyl (C=O) groups excluding carboxylic acids is 2. The Morgan fingerprint density at radius 3 is 2.59 bits per heavy atom. The van der Waals surface area contributed by atoms with Gasteiger partial charge in [0.15, 0.2) is 5.76 Å². The number of carbonyl (C=O) groups is 2. The number of aryl methyl sites for hydroxylation is 1. The summed E-state index contributed by atoms with van der Waals surface area (Å²) in [5, 5.41) is 7.22. The maximum absolute atomic E-state index is 12.4. The number of amides is 1. The van der Waals surface area contributed by atoms with E-state index in [1.54, 1.807) is 13.0 Å². The van der Waals surface area contributed by atoms with E-state index in [9.17, 15) is 9.59 Å². The van der Waals surface area contributed by atoms with Gasteiger partial charge >= 0.3 is 0 Å². The predicted molar refractivity (Wildman–Crippen MR) is 101 cm³/mol. The molecule has 1 aromatic carbocycles. The van der Waals surface area contributed by atoms with Crippen molar-refractivity contribution in [2.24, 2.45) is 5.73 Å². The molecule has 0 saturated heterocycles. The highest BCUT2D eigenvalue weighted by molar-refractivity contribution is 6.11. The Morgan fingerprint density at radius 2 is 1.93 bits per heavy atom. The van der Waals surface area contributed by atoms with Gasteiger partial charge in [0.25, 0.3) is 5.91 Å². The maximum atomic E-state index is 12.4. The third-order valence-electron chi connectivity index (χ3n) is 4.11. The van der Waals surface area contributed by atoms with Crippen LogP contribution in [0.2, 0.25) is 0 Å². The third-order valence-corrected chi connectivity index (χ3v) is 4.11. The number of nitrogens with two attached hydrogens (primary N) is 1. The van der Waals surface area contributed by atoms with Crippen LogP contribution in [-0.2, 0) is 11.3 Å². The van der Waals surface area contributed by atoms with E-state index < -0.39 is 11.7 Å². The zero-order valence-corrected chi connectivity index (χ0v) is 15.1. The summed E-state index contributed by atoms with van der Waals surface area (Å²) in [5.41, 5.74) is 8.71. The highest BCUT2D eigenvalue weighted by Crippen LogP contribution is 2.21. The summed E-state index contributed by atoms with van der Waals surface area (Å²) < 4.78 is 6.81. The molecule has 3 rings (SSSR count). The van der Waals surface area contributed by atoms with Gasteiger partial charge in [0.2, 0.25) is 5.78 Å². The SMILES string of the molecule is Cc1nn(Cc2ccccc2)c(C)c1NC(=O)C(N)=CC(=O)c1ccco1. The van der Waals surface area contributed by atoms with Crippen LogP contribution in [-0.4, -0.2) is 21.5 Å². The van der Waals surface area contributed by atoms with Crippen molar-refractivity contribution in [2.45, 2.75) is 20.4 Å². The molecule has 0 spiro atoms. The zero-order valence-electron chi connectivity index (χ0n) is 15.1. The summed E-state index contributed by atoms with van der Waals surface area (Å²) >= 11 is 0. The molecule has 0 radical (unpaired) electrons. The smallest absolute Gasteiger partial charge is 0.271 e. The van der Waals surface area contributed by atoms with E-state index in [-0.39, 0.29) is 11.5 Å². The van der Waals surface area contributed by atoms with E-state index in [0.717, 1.165) is 17.3 Å². The molecule has 3 aromatic rings. The topological polar surface area (TPSA) is 103 Å². The van der Waals surface area contributed by atoms with Gasteiger partial charge in [-0.1, -0.05) is 30.3 Å². The summed E-state index contributed by atoms with van der Waals surface area (Å²) in [5.74, 6) is -0.921. The number of ketones is 1. The fraction of sp³-hybridized carbons (Fsp3) is 0.150. The second-order valence-electron chi connectivity index (χ2n) is 6.08. The molecular formula is C20H20N4O3. The van der Waals surface area contributed by atoms with Crippen LogP contribution in [0, 0.1) is 13.8 Å². The monoisotopic (exact) mass is 364 g/mol. The second kappa shape index (κ2) is 7.74. The Kier molecular flexibility index (Phi) is 5.21. The quantitative estimate of drug-likeness (QED) is 0.517. The molecule has 0 unspecified atom stereocenters. The normalized spacial score (nSPS) is 11.4. The number of aromatic nitrogens is 2. The average Bonchev–Trinajstić information content (AvgIpc) is 3.27. The fourth-order valence-electron chi connectivity index (χ4n) is 2.67. The van der Waals surface area contributed by atoms with Crippen molar-refractivity contribution in [3.63, 3.8) is 0 Å². The molecule has 7 heteroatoms. The number of furan rings is 1. The molecule has 0 fully saturated rings. The first-order valence-electron chi connectivity index (χ1n) is 8.40. The first kappa shape index (κ1) is 18.2. The molecule has 0 atom stereocenters. The molecule has 2 aromatic heterocycles. The molecule has 0 aliphatic carbocycles. The van der Waals surface area contributed by atoms with Crippen LogP contribution in [0.5, 0.6) is 0 Å². The largest absolute Gasteiger partial charge is 0.461 e. The average molecular weight is 364 g/mol. The van der Waals surface area contributed by atoms with Crippen molar-refractivity contribution >= 4 is 17.4 Å². The predicted octanol–water partition coefficient (Wildman–Crippen LogP) is 2.81. The molecule has 0 aliphatic heterocycles. The molecule has 0 saturated carbocycles. The first-order chi connectivity index (χ1) is 13.0. The number of anilines is 1. The molecule has 2 heterocycles. The molecular weight excluding hydrogens is 344 g/mol. The second-order valence-corrected chi connectivity index (χ2v) is 6.08. The number of nitrogens with zero attached hydrogens (tertiary/aromatic N) is 2. The Labute approximate surface area is 156 Å². The lowest BCUT2D eigenvalue weighted by molar-refractivity contribution is -0.112. The van der Waals surface area contributed by atoms with Crippen LogP contribution in [0.15, 0.2) is 64.9 Å². The van der Waals surface area contributed by atoms with Crippen LogP contribution >= 0.6 is 0 Å². The minimum absolute atomic E-state index is 0.119. The molecule has 138 valence electrons. The van der Waals surface area contributed by atoms with Crippen LogP contribution in [0.4, 0.5) is 5.69 Å². The number of rotatable bonds is 6. The van der Waals surface area contributed by atoms with Crippen LogP contribution in [0.25, 0.3) is 0 Å². The van der Waals surface area contributed by atoms with Gasteiger partial charge < -0.3 is 15.5 Å². The Bertz CT molecular complexity index is 986. The van der Waals surface area contributed by atoms with Crippen LogP contribution in [0.3, 0.4) is 0 Å². The molecule has 0 bridgehead atoms. The summed E-state index contributed by atoms with van der Waals surface area (Å²) in [7, 11) is 0. The van der Waals surface area contributed by atoms with E-state index in [4.69, 9.17) is 10.2 Å². The van der Waals surface area contributed by atoms with Crippen molar-refractivity contribution < 1.29 is 14.0 Å². The van der Waals surface area contributed by atoms with Crippen molar-refractivity contribution in [3.05, 3.63) is 83.2 Å². The van der Waals surface area contributed by atoms with E-state index in [1.165, 1.54) is 12.3 Å². The van der Waals surface area contributed by atoms with Gasteiger partial charge in [-0.05, 0) is 31.5 Å². The highest BCUT2D eigenvalue weighted by atomic mass is 16.3. The zero-order chi connectivity index (χ0) is 19.4. The number of hydrogen-bond acceptors (Lipinski definition) is 5. The van der Waals surface area contributed by atoms with Crippen molar-refractivity contribution in [3.8, 4) is 0 Å². The summed E-state index contributed by atoms with van der Waals surface area (Å²) in [6, 6.07) is 13.0. The molecule has 7 nitrogen and oxygen atoms in total. The Morgan fingerprint density at radius 1 is 1.19 bits per heavy atom. The lowest BCUT2D eigenvalue weighted by atomic mass is 10.2. The molecule has 0 aliphatic rings. The van der Waals surface area contributed by atoms with Crippen LogP contribution < -0.4 is 11.1 Å². The highest BCUT2D eigenvalue weighted by Gasteiger charge is 2.17. The molecule has 27 heavy (non-hydrogen) atoms. The van der Waals surface area contributed by atoms with Crippen LogP contribution in [0.1, 0.15) is 27.5 Å². The molecule has 3 N–H and O–H groups in total. The van der Waals surface area contributed by atoms with Gasteiger partial charge in [-0.2, -0.15) is 5.10 Å². The van der Waals surface area contributed by atoms with Crippen molar-refractivity contribution in [1.29, 1.82) is 0 Å². The van der Waals surface area contributed by atoms with E-state index in [0.29, 0.717) is 17.9 Å². The minimum Gasteiger partial charge on any atom is -0.461 e. The van der Waals surface area contributed by atoms with Crippen molar-refractivity contribution in [2.75, 3.05) is 5.32 Å². The number of benzene rings is 1. The fourth-order valence-corrected chi connectivity index (χ4v) is 2.67. The Balaban J connectivity index is 1.75. The third kappa shape index (κ3) is 4.14. The van der Waals surface area contributed by atoms with Gasteiger partial charge in [0.1, 0.15) is 5.70 Å². The maximum Gasteiger partial charge on any atom is 0.271 e. The van der Waals surface area contributed by atoms with Gasteiger partial charge in [0.05, 0.1) is 29.9 Å².